The van der Waals surface area contributed by atoms with E-state index < -0.39 is 0 Å². The molecule has 0 saturated heterocycles. The molecule has 0 fully saturated rings. The number of anilines is 2. The molecule has 0 unspecified atom stereocenters. The Labute approximate surface area is 123 Å². The fourth-order valence-corrected chi connectivity index (χ4v) is 2.38. The molecule has 0 aliphatic carbocycles. The first kappa shape index (κ1) is 13.6. The summed E-state index contributed by atoms with van der Waals surface area (Å²) in [6.07, 6.45) is 0.887. The lowest BCUT2D eigenvalue weighted by Crippen LogP contribution is -2.26. The van der Waals surface area contributed by atoms with Crippen LogP contribution >= 0.6 is 0 Å². The van der Waals surface area contributed by atoms with Gasteiger partial charge in [0.2, 0.25) is 11.8 Å². The molecule has 1 aromatic carbocycles. The van der Waals surface area contributed by atoms with Crippen molar-refractivity contribution >= 4 is 11.6 Å². The zero-order valence-corrected chi connectivity index (χ0v) is 12.1. The average molecular weight is 286 g/mol. The van der Waals surface area contributed by atoms with Crippen LogP contribution in [0.5, 0.6) is 11.6 Å². The molecule has 2 N–H and O–H groups in total. The van der Waals surface area contributed by atoms with E-state index in [0.29, 0.717) is 11.8 Å². The van der Waals surface area contributed by atoms with E-state index in [1.165, 1.54) is 0 Å². The van der Waals surface area contributed by atoms with Crippen molar-refractivity contribution in [2.75, 3.05) is 26.1 Å². The van der Waals surface area contributed by atoms with E-state index in [1.54, 1.807) is 14.2 Å². The predicted molar refractivity (Wildman–Crippen MR) is 80.3 cm³/mol. The molecule has 0 amide bonds. The lowest BCUT2D eigenvalue weighted by atomic mass is 10.1. The van der Waals surface area contributed by atoms with Gasteiger partial charge in [0, 0.05) is 23.9 Å². The molecular weight excluding hydrogens is 268 g/mol. The summed E-state index contributed by atoms with van der Waals surface area (Å²) in [5.74, 6) is 1.96. The molecule has 0 radical (unpaired) electrons. The Morgan fingerprint density at radius 1 is 1.19 bits per heavy atom. The normalized spacial score (nSPS) is 13.4. The third kappa shape index (κ3) is 2.90. The number of hydrogen-bond donors (Lipinski definition) is 2. The van der Waals surface area contributed by atoms with Gasteiger partial charge in [-0.1, -0.05) is 6.07 Å². The maximum absolute atomic E-state index is 5.39. The molecule has 21 heavy (non-hydrogen) atoms. The topological polar surface area (TPSA) is 68.3 Å². The highest BCUT2D eigenvalue weighted by Gasteiger charge is 2.18. The molecule has 0 saturated carbocycles. The molecule has 1 aliphatic rings. The minimum atomic E-state index is 0.530. The quantitative estimate of drug-likeness (QED) is 0.894. The van der Waals surface area contributed by atoms with E-state index in [-0.39, 0.29) is 0 Å². The van der Waals surface area contributed by atoms with Crippen molar-refractivity contribution in [1.29, 1.82) is 0 Å². The number of rotatable bonds is 4. The van der Waals surface area contributed by atoms with Crippen molar-refractivity contribution in [3.63, 3.8) is 0 Å². The highest BCUT2D eigenvalue weighted by atomic mass is 16.5. The van der Waals surface area contributed by atoms with E-state index in [9.17, 15) is 0 Å². The summed E-state index contributed by atoms with van der Waals surface area (Å²) < 4.78 is 10.6. The molecule has 2 heterocycles. The molecule has 1 aromatic heterocycles. The van der Waals surface area contributed by atoms with E-state index in [1.807, 2.05) is 24.3 Å². The number of nitrogens with one attached hydrogen (secondary N) is 2. The first-order valence-electron chi connectivity index (χ1n) is 6.85. The summed E-state index contributed by atoms with van der Waals surface area (Å²) in [7, 11) is 3.28. The number of hydrogen-bond acceptors (Lipinski definition) is 6. The number of ether oxygens (including phenoxy) is 2. The van der Waals surface area contributed by atoms with Crippen LogP contribution in [0.2, 0.25) is 0 Å². The number of methoxy groups -OCH3 is 2. The second-order valence-electron chi connectivity index (χ2n) is 4.77. The highest BCUT2D eigenvalue weighted by molar-refractivity contribution is 5.57. The van der Waals surface area contributed by atoms with Crippen LogP contribution < -0.4 is 20.1 Å². The van der Waals surface area contributed by atoms with Crippen molar-refractivity contribution in [2.45, 2.75) is 13.0 Å². The number of benzene rings is 1. The van der Waals surface area contributed by atoms with Crippen LogP contribution in [0.3, 0.4) is 0 Å². The SMILES string of the molecule is COc1cccc(Nc2nc3c(c(OC)n2)CCNC3)c1. The molecule has 0 spiro atoms. The van der Waals surface area contributed by atoms with Crippen molar-refractivity contribution < 1.29 is 9.47 Å². The Morgan fingerprint density at radius 2 is 2.10 bits per heavy atom. The van der Waals surface area contributed by atoms with E-state index in [0.717, 1.165) is 42.2 Å². The van der Waals surface area contributed by atoms with Crippen LogP contribution in [0, 0.1) is 0 Å². The van der Waals surface area contributed by atoms with Crippen LogP contribution in [0.15, 0.2) is 24.3 Å². The van der Waals surface area contributed by atoms with Gasteiger partial charge < -0.3 is 20.1 Å². The Bertz CT molecular complexity index is 628. The zero-order chi connectivity index (χ0) is 14.7. The van der Waals surface area contributed by atoms with Crippen LogP contribution in [0.4, 0.5) is 11.6 Å². The molecule has 0 atom stereocenters. The first-order chi connectivity index (χ1) is 10.3. The summed E-state index contributed by atoms with van der Waals surface area (Å²) in [4.78, 5) is 9.01. The predicted octanol–water partition coefficient (Wildman–Crippen LogP) is 1.88. The standard InChI is InChI=1S/C15H18N4O2/c1-20-11-5-3-4-10(8-11)17-15-18-13-9-16-7-6-12(13)14(19-15)21-2/h3-5,8,16H,6-7,9H2,1-2H3,(H,17,18,19). The molecule has 6 nitrogen and oxygen atoms in total. The van der Waals surface area contributed by atoms with Gasteiger partial charge in [-0.05, 0) is 25.1 Å². The molecule has 6 heteroatoms. The summed E-state index contributed by atoms with van der Waals surface area (Å²) in [6, 6.07) is 7.64. The van der Waals surface area contributed by atoms with Crippen molar-refractivity contribution in [1.82, 2.24) is 15.3 Å². The molecule has 110 valence electrons. The summed E-state index contributed by atoms with van der Waals surface area (Å²) in [6.45, 7) is 1.66. The van der Waals surface area contributed by atoms with Crippen molar-refractivity contribution in [3.05, 3.63) is 35.5 Å². The second-order valence-corrected chi connectivity index (χ2v) is 4.77. The molecule has 0 bridgehead atoms. The van der Waals surface area contributed by atoms with Crippen molar-refractivity contribution in [2.24, 2.45) is 0 Å². The van der Waals surface area contributed by atoms with Crippen molar-refractivity contribution in [3.8, 4) is 11.6 Å². The monoisotopic (exact) mass is 286 g/mol. The number of aromatic nitrogens is 2. The fraction of sp³-hybridized carbons (Fsp3) is 0.333. The lowest BCUT2D eigenvalue weighted by molar-refractivity contribution is 0.387. The van der Waals surface area contributed by atoms with Gasteiger partial charge in [-0.3, -0.25) is 0 Å². The lowest BCUT2D eigenvalue weighted by Gasteiger charge is -2.19. The van der Waals surface area contributed by atoms with Gasteiger partial charge >= 0.3 is 0 Å². The third-order valence-corrected chi connectivity index (χ3v) is 3.42. The molecule has 2 aromatic rings. The van der Waals surface area contributed by atoms with E-state index in [4.69, 9.17) is 9.47 Å². The fourth-order valence-electron chi connectivity index (χ4n) is 2.38. The Morgan fingerprint density at radius 3 is 2.90 bits per heavy atom. The maximum atomic E-state index is 5.39. The smallest absolute Gasteiger partial charge is 0.230 e. The number of nitrogens with zero attached hydrogens (tertiary/aromatic N) is 2. The van der Waals surface area contributed by atoms with Gasteiger partial charge in [-0.2, -0.15) is 4.98 Å². The van der Waals surface area contributed by atoms with Gasteiger partial charge in [0.15, 0.2) is 0 Å². The van der Waals surface area contributed by atoms with Gasteiger partial charge in [-0.15, -0.1) is 0 Å². The Hall–Kier alpha value is -2.34. The highest BCUT2D eigenvalue weighted by Crippen LogP contribution is 2.26. The molecular formula is C15H18N4O2. The van der Waals surface area contributed by atoms with E-state index in [2.05, 4.69) is 20.6 Å². The summed E-state index contributed by atoms with van der Waals surface area (Å²) >= 11 is 0. The van der Waals surface area contributed by atoms with Crippen LogP contribution in [0.25, 0.3) is 0 Å². The molecule has 3 rings (SSSR count). The van der Waals surface area contributed by atoms with Gasteiger partial charge in [0.25, 0.3) is 0 Å². The second kappa shape index (κ2) is 5.97. The summed E-state index contributed by atoms with van der Waals surface area (Å²) in [5, 5.41) is 6.50. The van der Waals surface area contributed by atoms with Crippen LogP contribution in [-0.2, 0) is 13.0 Å². The minimum Gasteiger partial charge on any atom is -0.497 e. The maximum Gasteiger partial charge on any atom is 0.230 e. The minimum absolute atomic E-state index is 0.530. The van der Waals surface area contributed by atoms with Crippen LogP contribution in [-0.4, -0.2) is 30.7 Å². The van der Waals surface area contributed by atoms with Gasteiger partial charge in [-0.25, -0.2) is 4.98 Å². The third-order valence-electron chi connectivity index (χ3n) is 3.42. The number of fused-ring (bicyclic) bond motifs is 1. The van der Waals surface area contributed by atoms with Gasteiger partial charge in [0.1, 0.15) is 5.75 Å². The molecule has 1 aliphatic heterocycles. The first-order valence-corrected chi connectivity index (χ1v) is 6.85. The average Bonchev–Trinajstić information content (AvgIpc) is 2.54. The zero-order valence-electron chi connectivity index (χ0n) is 12.1. The van der Waals surface area contributed by atoms with Crippen LogP contribution in [0.1, 0.15) is 11.3 Å². The Kier molecular flexibility index (Phi) is 3.87. The largest absolute Gasteiger partial charge is 0.497 e. The van der Waals surface area contributed by atoms with Gasteiger partial charge in [0.05, 0.1) is 19.9 Å². The summed E-state index contributed by atoms with van der Waals surface area (Å²) in [5.41, 5.74) is 2.95. The van der Waals surface area contributed by atoms with E-state index >= 15 is 0 Å². The Balaban J connectivity index is 1.91.